The first-order valence-corrected chi connectivity index (χ1v) is 8.84. The average molecular weight is 385 g/mol. The van der Waals surface area contributed by atoms with Crippen LogP contribution in [0.15, 0.2) is 63.3 Å². The van der Waals surface area contributed by atoms with Gasteiger partial charge in [-0.1, -0.05) is 36.0 Å². The van der Waals surface area contributed by atoms with Gasteiger partial charge in [0.25, 0.3) is 11.1 Å². The van der Waals surface area contributed by atoms with Gasteiger partial charge in [0.15, 0.2) is 12.2 Å². The summed E-state index contributed by atoms with van der Waals surface area (Å²) in [5.41, 5.74) is 4.34. The molecule has 0 aliphatic heterocycles. The second-order valence-electron chi connectivity index (χ2n) is 5.25. The minimum Gasteiger partial charge on any atom is -0.481 e. The molecule has 3 aromatic rings. The first-order valence-electron chi connectivity index (χ1n) is 7.86. The van der Waals surface area contributed by atoms with E-state index in [0.717, 1.165) is 17.3 Å². The van der Waals surface area contributed by atoms with Crippen molar-refractivity contribution >= 4 is 41.0 Å². The monoisotopic (exact) mass is 385 g/mol. The molecule has 9 heteroatoms. The van der Waals surface area contributed by atoms with Crippen molar-refractivity contribution in [2.45, 2.75) is 5.22 Å². The fourth-order valence-corrected chi connectivity index (χ4v) is 2.74. The predicted octanol–water partition coefficient (Wildman–Crippen LogP) is 2.53. The summed E-state index contributed by atoms with van der Waals surface area (Å²) in [4.78, 5) is 26.8. The van der Waals surface area contributed by atoms with Crippen molar-refractivity contribution in [1.29, 1.82) is 0 Å². The minimum absolute atomic E-state index is 0.0846. The number of fused-ring (bicyclic) bond motifs is 1. The van der Waals surface area contributed by atoms with E-state index in [4.69, 9.17) is 14.3 Å². The number of rotatable bonds is 8. The highest BCUT2D eigenvalue weighted by Gasteiger charge is 2.09. The number of thioether (sulfide) groups is 1. The standard InChI is InChI=1S/C18H15N3O5S/c22-16(11-27-18-20-13-6-2-4-8-15(13)26-18)21-19-9-12-5-1-3-7-14(12)25-10-17(23)24/h1-9H,10-11H2,(H,21,22)(H,23,24)/b19-9-. The fourth-order valence-electron chi connectivity index (χ4n) is 2.10. The third-order valence-electron chi connectivity index (χ3n) is 3.26. The highest BCUT2D eigenvalue weighted by Crippen LogP contribution is 2.22. The van der Waals surface area contributed by atoms with Gasteiger partial charge in [-0.2, -0.15) is 5.10 Å². The molecule has 0 fully saturated rings. The Labute approximate surface area is 158 Å². The number of hydrogen-bond acceptors (Lipinski definition) is 7. The number of hydrogen-bond donors (Lipinski definition) is 2. The van der Waals surface area contributed by atoms with Gasteiger partial charge in [0.05, 0.1) is 12.0 Å². The third-order valence-corrected chi connectivity index (χ3v) is 4.09. The number of benzene rings is 2. The van der Waals surface area contributed by atoms with Crippen molar-refractivity contribution in [3.63, 3.8) is 0 Å². The molecule has 8 nitrogen and oxygen atoms in total. The molecule has 2 aromatic carbocycles. The van der Waals surface area contributed by atoms with Crippen LogP contribution in [0.25, 0.3) is 11.1 Å². The quantitative estimate of drug-likeness (QED) is 0.348. The van der Waals surface area contributed by atoms with Crippen LogP contribution >= 0.6 is 11.8 Å². The number of carbonyl (C=O) groups is 2. The maximum atomic E-state index is 11.9. The number of aromatic nitrogens is 1. The third kappa shape index (κ3) is 5.32. The first kappa shape index (κ1) is 18.5. The van der Waals surface area contributed by atoms with E-state index in [1.807, 2.05) is 18.2 Å². The van der Waals surface area contributed by atoms with Gasteiger partial charge in [0.2, 0.25) is 0 Å². The van der Waals surface area contributed by atoms with Crippen molar-refractivity contribution < 1.29 is 23.8 Å². The molecule has 0 saturated heterocycles. The Hall–Kier alpha value is -3.33. The molecule has 1 amide bonds. The van der Waals surface area contributed by atoms with Crippen molar-refractivity contribution in [2.75, 3.05) is 12.4 Å². The maximum absolute atomic E-state index is 11.9. The summed E-state index contributed by atoms with van der Waals surface area (Å²) < 4.78 is 10.7. The van der Waals surface area contributed by atoms with Crippen LogP contribution in [0.4, 0.5) is 0 Å². The van der Waals surface area contributed by atoms with Crippen LogP contribution in [0.2, 0.25) is 0 Å². The molecule has 0 saturated carbocycles. The Morgan fingerprint density at radius 2 is 2.00 bits per heavy atom. The van der Waals surface area contributed by atoms with Gasteiger partial charge in [0.1, 0.15) is 11.3 Å². The van der Waals surface area contributed by atoms with Crippen LogP contribution in [0.3, 0.4) is 0 Å². The van der Waals surface area contributed by atoms with Gasteiger partial charge in [-0.3, -0.25) is 4.79 Å². The van der Waals surface area contributed by atoms with Crippen LogP contribution < -0.4 is 10.2 Å². The van der Waals surface area contributed by atoms with Crippen LogP contribution in [-0.2, 0) is 9.59 Å². The molecule has 138 valence electrons. The smallest absolute Gasteiger partial charge is 0.341 e. The largest absolute Gasteiger partial charge is 0.481 e. The fraction of sp³-hybridized carbons (Fsp3) is 0.111. The van der Waals surface area contributed by atoms with Gasteiger partial charge in [-0.25, -0.2) is 15.2 Å². The second-order valence-corrected chi connectivity index (χ2v) is 6.18. The molecular formula is C18H15N3O5S. The molecule has 27 heavy (non-hydrogen) atoms. The molecule has 2 N–H and O–H groups in total. The zero-order valence-corrected chi connectivity index (χ0v) is 14.8. The summed E-state index contributed by atoms with van der Waals surface area (Å²) in [6.45, 7) is -0.460. The Kier molecular flexibility index (Phi) is 6.06. The summed E-state index contributed by atoms with van der Waals surface area (Å²) >= 11 is 1.16. The zero-order chi connectivity index (χ0) is 19.1. The van der Waals surface area contributed by atoms with E-state index in [2.05, 4.69) is 15.5 Å². The molecule has 0 atom stereocenters. The van der Waals surface area contributed by atoms with Crippen molar-refractivity contribution in [3.05, 3.63) is 54.1 Å². The molecule has 0 aliphatic rings. The summed E-state index contributed by atoms with van der Waals surface area (Å²) in [7, 11) is 0. The number of oxazole rings is 1. The lowest BCUT2D eigenvalue weighted by molar-refractivity contribution is -0.139. The number of carboxylic acids is 1. The van der Waals surface area contributed by atoms with Gasteiger partial charge >= 0.3 is 5.97 Å². The number of carboxylic acid groups (broad SMARTS) is 1. The number of amides is 1. The van der Waals surface area contributed by atoms with Crippen LogP contribution in [-0.4, -0.2) is 40.5 Å². The number of nitrogens with one attached hydrogen (secondary N) is 1. The lowest BCUT2D eigenvalue weighted by Gasteiger charge is -2.06. The van der Waals surface area contributed by atoms with Gasteiger partial charge in [-0.15, -0.1) is 0 Å². The Morgan fingerprint density at radius 1 is 1.22 bits per heavy atom. The minimum atomic E-state index is -1.08. The predicted molar refractivity (Wildman–Crippen MR) is 100 cm³/mol. The molecule has 0 radical (unpaired) electrons. The normalized spacial score (nSPS) is 11.0. The molecule has 0 bridgehead atoms. The number of nitrogens with zero attached hydrogens (tertiary/aromatic N) is 2. The first-order chi connectivity index (χ1) is 13.1. The lowest BCUT2D eigenvalue weighted by atomic mass is 10.2. The van der Waals surface area contributed by atoms with E-state index in [9.17, 15) is 9.59 Å². The van der Waals surface area contributed by atoms with E-state index >= 15 is 0 Å². The summed E-state index contributed by atoms with van der Waals surface area (Å²) in [5.74, 6) is -0.964. The highest BCUT2D eigenvalue weighted by molar-refractivity contribution is 7.99. The van der Waals surface area contributed by atoms with Crippen LogP contribution in [0.1, 0.15) is 5.56 Å². The van der Waals surface area contributed by atoms with Gasteiger partial charge < -0.3 is 14.3 Å². The topological polar surface area (TPSA) is 114 Å². The summed E-state index contributed by atoms with van der Waals surface area (Å²) in [6, 6.07) is 14.1. The SMILES string of the molecule is O=C(O)COc1ccccc1/C=N\NC(=O)CSc1nc2ccccc2o1. The van der Waals surface area contributed by atoms with E-state index in [1.165, 1.54) is 6.21 Å². The van der Waals surface area contributed by atoms with Gasteiger partial charge in [0, 0.05) is 5.56 Å². The van der Waals surface area contributed by atoms with Crippen molar-refractivity contribution in [1.82, 2.24) is 10.4 Å². The van der Waals surface area contributed by atoms with E-state index in [-0.39, 0.29) is 11.7 Å². The van der Waals surface area contributed by atoms with Crippen LogP contribution in [0, 0.1) is 0 Å². The summed E-state index contributed by atoms with van der Waals surface area (Å²) in [6.07, 6.45) is 1.39. The number of carbonyl (C=O) groups excluding carboxylic acids is 1. The average Bonchev–Trinajstić information content (AvgIpc) is 3.08. The number of aliphatic carboxylic acids is 1. The number of hydrazone groups is 1. The second kappa shape index (κ2) is 8.86. The van der Waals surface area contributed by atoms with Crippen molar-refractivity contribution in [3.8, 4) is 5.75 Å². The Bertz CT molecular complexity index is 953. The molecular weight excluding hydrogens is 370 g/mol. The van der Waals surface area contributed by atoms with Gasteiger partial charge in [-0.05, 0) is 24.3 Å². The molecule has 1 heterocycles. The summed E-state index contributed by atoms with van der Waals surface area (Å²) in [5, 5.41) is 13.0. The molecule has 0 spiro atoms. The zero-order valence-electron chi connectivity index (χ0n) is 14.0. The number of ether oxygens (including phenoxy) is 1. The van der Waals surface area contributed by atoms with Crippen molar-refractivity contribution in [2.24, 2.45) is 5.10 Å². The molecule has 3 rings (SSSR count). The number of para-hydroxylation sites is 3. The molecule has 1 aromatic heterocycles. The van der Waals surface area contributed by atoms with E-state index in [0.29, 0.717) is 22.1 Å². The van der Waals surface area contributed by atoms with E-state index in [1.54, 1.807) is 30.3 Å². The van der Waals surface area contributed by atoms with E-state index < -0.39 is 12.6 Å². The maximum Gasteiger partial charge on any atom is 0.341 e. The lowest BCUT2D eigenvalue weighted by Crippen LogP contribution is -2.19. The Balaban J connectivity index is 1.52. The van der Waals surface area contributed by atoms with Crippen LogP contribution in [0.5, 0.6) is 5.75 Å². The highest BCUT2D eigenvalue weighted by atomic mass is 32.2. The molecule has 0 unspecified atom stereocenters. The molecule has 0 aliphatic carbocycles. The Morgan fingerprint density at radius 3 is 2.81 bits per heavy atom.